The molecule has 0 bridgehead atoms. The van der Waals surface area contributed by atoms with Crippen molar-refractivity contribution in [2.75, 3.05) is 17.1 Å². The van der Waals surface area contributed by atoms with Crippen LogP contribution in [0.5, 0.6) is 0 Å². The van der Waals surface area contributed by atoms with Crippen LogP contribution < -0.4 is 9.62 Å². The largest absolute Gasteiger partial charge is 0.352 e. The van der Waals surface area contributed by atoms with Crippen LogP contribution >= 0.6 is 11.6 Å². The number of amides is 2. The first-order valence-electron chi connectivity index (χ1n) is 11.2. The lowest BCUT2D eigenvalue weighted by Crippen LogP contribution is -2.53. The molecular formula is C25H34ClN3O4S. The molecule has 0 saturated carbocycles. The van der Waals surface area contributed by atoms with E-state index in [9.17, 15) is 18.0 Å². The monoisotopic (exact) mass is 507 g/mol. The molecule has 0 aliphatic heterocycles. The Morgan fingerprint density at radius 3 is 2.18 bits per heavy atom. The normalized spacial score (nSPS) is 12.4. The Hall–Kier alpha value is -2.58. The highest BCUT2D eigenvalue weighted by molar-refractivity contribution is 7.92. The number of rotatable bonds is 10. The second kappa shape index (κ2) is 11.7. The Kier molecular flexibility index (Phi) is 9.53. The molecule has 1 atom stereocenters. The van der Waals surface area contributed by atoms with Gasteiger partial charge in [-0.3, -0.25) is 13.9 Å². The molecule has 0 heterocycles. The van der Waals surface area contributed by atoms with Crippen LogP contribution in [0.3, 0.4) is 0 Å². The lowest BCUT2D eigenvalue weighted by molar-refractivity contribution is -0.140. The van der Waals surface area contributed by atoms with Crippen molar-refractivity contribution in [2.45, 2.75) is 59.7 Å². The second-order valence-corrected chi connectivity index (χ2v) is 11.1. The molecule has 34 heavy (non-hydrogen) atoms. The van der Waals surface area contributed by atoms with Gasteiger partial charge in [0.2, 0.25) is 21.8 Å². The number of carbonyl (C=O) groups is 2. The average Bonchev–Trinajstić information content (AvgIpc) is 2.72. The van der Waals surface area contributed by atoms with E-state index in [1.54, 1.807) is 25.1 Å². The number of carbonyl (C=O) groups excluding carboxylic acids is 2. The number of hydrogen-bond donors (Lipinski definition) is 1. The lowest BCUT2D eigenvalue weighted by atomic mass is 10.1. The van der Waals surface area contributed by atoms with E-state index in [-0.39, 0.29) is 18.5 Å². The van der Waals surface area contributed by atoms with E-state index in [1.807, 2.05) is 52.0 Å². The van der Waals surface area contributed by atoms with E-state index >= 15 is 0 Å². The summed E-state index contributed by atoms with van der Waals surface area (Å²) in [5.74, 6) is -0.738. The van der Waals surface area contributed by atoms with Crippen molar-refractivity contribution in [3.63, 3.8) is 0 Å². The van der Waals surface area contributed by atoms with Crippen LogP contribution in [-0.4, -0.2) is 50.0 Å². The highest BCUT2D eigenvalue weighted by Gasteiger charge is 2.32. The van der Waals surface area contributed by atoms with Crippen molar-refractivity contribution in [1.82, 2.24) is 10.2 Å². The third-order valence-electron chi connectivity index (χ3n) is 5.40. The molecule has 0 aliphatic carbocycles. The van der Waals surface area contributed by atoms with Crippen molar-refractivity contribution < 1.29 is 18.0 Å². The second-order valence-electron chi connectivity index (χ2n) is 8.80. The minimum atomic E-state index is -3.79. The Morgan fingerprint density at radius 1 is 1.06 bits per heavy atom. The predicted molar refractivity (Wildman–Crippen MR) is 137 cm³/mol. The Balaban J connectivity index is 2.46. The van der Waals surface area contributed by atoms with Gasteiger partial charge in [-0.25, -0.2) is 8.42 Å². The number of nitrogens with one attached hydrogen (secondary N) is 1. The fourth-order valence-electron chi connectivity index (χ4n) is 3.68. The van der Waals surface area contributed by atoms with Gasteiger partial charge < -0.3 is 10.2 Å². The molecule has 2 aromatic rings. The van der Waals surface area contributed by atoms with Gasteiger partial charge in [0.15, 0.2) is 0 Å². The predicted octanol–water partition coefficient (Wildman–Crippen LogP) is 4.05. The molecule has 2 aromatic carbocycles. The number of nitrogens with zero attached hydrogens (tertiary/aromatic N) is 2. The van der Waals surface area contributed by atoms with Gasteiger partial charge in [0.25, 0.3) is 0 Å². The van der Waals surface area contributed by atoms with Crippen LogP contribution in [0.15, 0.2) is 42.5 Å². The lowest BCUT2D eigenvalue weighted by Gasteiger charge is -2.33. The maximum Gasteiger partial charge on any atom is 0.244 e. The van der Waals surface area contributed by atoms with Crippen molar-refractivity contribution in [3.05, 3.63) is 64.2 Å². The van der Waals surface area contributed by atoms with Crippen molar-refractivity contribution >= 4 is 39.1 Å². The fourth-order valence-corrected chi connectivity index (χ4v) is 4.82. The summed E-state index contributed by atoms with van der Waals surface area (Å²) >= 11 is 6.04. The summed E-state index contributed by atoms with van der Waals surface area (Å²) in [6.07, 6.45) is 1.44. The number of aryl methyl sites for hydroxylation is 2. The van der Waals surface area contributed by atoms with Crippen molar-refractivity contribution in [1.29, 1.82) is 0 Å². The molecule has 186 valence electrons. The van der Waals surface area contributed by atoms with Crippen molar-refractivity contribution in [3.8, 4) is 0 Å². The average molecular weight is 508 g/mol. The number of hydrogen-bond acceptors (Lipinski definition) is 4. The van der Waals surface area contributed by atoms with Gasteiger partial charge in [-0.05, 0) is 63.4 Å². The summed E-state index contributed by atoms with van der Waals surface area (Å²) in [5.41, 5.74) is 2.92. The van der Waals surface area contributed by atoms with E-state index in [0.29, 0.717) is 22.7 Å². The van der Waals surface area contributed by atoms with Gasteiger partial charge >= 0.3 is 0 Å². The van der Waals surface area contributed by atoms with E-state index in [2.05, 4.69) is 5.32 Å². The topological polar surface area (TPSA) is 86.8 Å². The standard InChI is InChI=1S/C25H34ClN3O4S/c1-7-22(25(31)27-17(2)3)28(15-20-10-8-18(4)9-11-20)24(30)16-29(34(6,32)33)23-13-12-21(26)14-19(23)5/h8-14,17,22H,7,15-16H2,1-6H3,(H,27,31). The molecule has 1 unspecified atom stereocenters. The maximum absolute atomic E-state index is 13.6. The smallest absolute Gasteiger partial charge is 0.244 e. The Bertz CT molecular complexity index is 1120. The Morgan fingerprint density at radius 2 is 1.68 bits per heavy atom. The zero-order valence-corrected chi connectivity index (χ0v) is 22.2. The van der Waals surface area contributed by atoms with Gasteiger partial charge in [0.05, 0.1) is 11.9 Å². The summed E-state index contributed by atoms with van der Waals surface area (Å²) in [7, 11) is -3.79. The Labute approximate surface area is 208 Å². The fraction of sp³-hybridized carbons (Fsp3) is 0.440. The molecule has 0 saturated heterocycles. The molecule has 9 heteroatoms. The number of anilines is 1. The summed E-state index contributed by atoms with van der Waals surface area (Å²) in [6.45, 7) is 8.99. The summed E-state index contributed by atoms with van der Waals surface area (Å²) in [4.78, 5) is 28.1. The molecule has 0 aromatic heterocycles. The van der Waals surface area contributed by atoms with E-state index < -0.39 is 28.5 Å². The maximum atomic E-state index is 13.6. The summed E-state index contributed by atoms with van der Waals surface area (Å²) in [5, 5.41) is 3.35. The molecule has 0 spiro atoms. The molecule has 0 fully saturated rings. The van der Waals surface area contributed by atoms with Crippen LogP contribution in [0.4, 0.5) is 5.69 Å². The summed E-state index contributed by atoms with van der Waals surface area (Å²) < 4.78 is 26.4. The minimum absolute atomic E-state index is 0.0953. The first kappa shape index (κ1) is 27.7. The van der Waals surface area contributed by atoms with E-state index in [0.717, 1.165) is 21.7 Å². The first-order chi connectivity index (χ1) is 15.8. The van der Waals surface area contributed by atoms with Gasteiger partial charge in [0, 0.05) is 17.6 Å². The van der Waals surface area contributed by atoms with Gasteiger partial charge in [-0.1, -0.05) is 48.4 Å². The van der Waals surface area contributed by atoms with Gasteiger partial charge in [-0.2, -0.15) is 0 Å². The number of benzene rings is 2. The number of sulfonamides is 1. The zero-order valence-electron chi connectivity index (χ0n) is 20.6. The third-order valence-corrected chi connectivity index (χ3v) is 6.76. The van der Waals surface area contributed by atoms with Crippen LogP contribution in [0.2, 0.25) is 5.02 Å². The SMILES string of the molecule is CCC(C(=O)NC(C)C)N(Cc1ccc(C)cc1)C(=O)CN(c1ccc(Cl)cc1C)S(C)(=O)=O. The number of halogens is 1. The van der Waals surface area contributed by atoms with Gasteiger partial charge in [0.1, 0.15) is 12.6 Å². The molecule has 0 aliphatic rings. The quantitative estimate of drug-likeness (QED) is 0.525. The van der Waals surface area contributed by atoms with Crippen LogP contribution in [0.1, 0.15) is 43.9 Å². The minimum Gasteiger partial charge on any atom is -0.352 e. The molecule has 2 rings (SSSR count). The van der Waals surface area contributed by atoms with Crippen LogP contribution in [0, 0.1) is 13.8 Å². The van der Waals surface area contributed by atoms with Gasteiger partial charge in [-0.15, -0.1) is 0 Å². The molecule has 7 nitrogen and oxygen atoms in total. The first-order valence-corrected chi connectivity index (χ1v) is 13.4. The van der Waals surface area contributed by atoms with Crippen molar-refractivity contribution in [2.24, 2.45) is 0 Å². The van der Waals surface area contributed by atoms with Crippen LogP contribution in [-0.2, 0) is 26.2 Å². The molecular weight excluding hydrogens is 474 g/mol. The van der Waals surface area contributed by atoms with E-state index in [1.165, 1.54) is 4.90 Å². The molecule has 2 amide bonds. The summed E-state index contributed by atoms with van der Waals surface area (Å²) in [6, 6.07) is 11.7. The zero-order chi connectivity index (χ0) is 25.6. The molecule has 1 N–H and O–H groups in total. The highest BCUT2D eigenvalue weighted by atomic mass is 35.5. The molecule has 0 radical (unpaired) electrons. The van der Waals surface area contributed by atoms with E-state index in [4.69, 9.17) is 11.6 Å². The van der Waals surface area contributed by atoms with Crippen LogP contribution in [0.25, 0.3) is 0 Å². The third kappa shape index (κ3) is 7.46. The highest BCUT2D eigenvalue weighted by Crippen LogP contribution is 2.26.